The quantitative estimate of drug-likeness (QED) is 0.697. The zero-order valence-corrected chi connectivity index (χ0v) is 8.35. The summed E-state index contributed by atoms with van der Waals surface area (Å²) in [5, 5.41) is 0. The summed E-state index contributed by atoms with van der Waals surface area (Å²) >= 11 is 0. The van der Waals surface area contributed by atoms with Crippen LogP contribution in [0, 0.1) is 5.92 Å². The van der Waals surface area contributed by atoms with Gasteiger partial charge in [-0.25, -0.2) is 4.98 Å². The van der Waals surface area contributed by atoms with E-state index in [2.05, 4.69) is 4.98 Å². The van der Waals surface area contributed by atoms with Gasteiger partial charge in [-0.3, -0.25) is 4.79 Å². The number of aldehydes is 1. The molecule has 15 heavy (non-hydrogen) atoms. The summed E-state index contributed by atoms with van der Waals surface area (Å²) in [6.07, 6.45) is 5.81. The first-order valence-electron chi connectivity index (χ1n) is 5.00. The van der Waals surface area contributed by atoms with Gasteiger partial charge in [-0.1, -0.05) is 0 Å². The van der Waals surface area contributed by atoms with Crippen LogP contribution in [0.4, 0.5) is 0 Å². The van der Waals surface area contributed by atoms with Crippen LogP contribution in [0.25, 0.3) is 0 Å². The Morgan fingerprint density at radius 2 is 2.40 bits per heavy atom. The van der Waals surface area contributed by atoms with Crippen molar-refractivity contribution < 1.29 is 9.59 Å². The average molecular weight is 207 g/mol. The highest BCUT2D eigenvalue weighted by atomic mass is 16.1. The molecule has 1 aliphatic rings. The zero-order chi connectivity index (χ0) is 10.8. The number of rotatable bonds is 5. The Morgan fingerprint density at radius 3 is 2.93 bits per heavy atom. The minimum Gasteiger partial charge on any atom is -0.363 e. The normalized spacial score (nSPS) is 15.2. The third-order valence-electron chi connectivity index (χ3n) is 2.51. The van der Waals surface area contributed by atoms with E-state index in [4.69, 9.17) is 5.73 Å². The van der Waals surface area contributed by atoms with Gasteiger partial charge in [0.15, 0.2) is 5.82 Å². The van der Waals surface area contributed by atoms with Crippen LogP contribution in [0.15, 0.2) is 6.20 Å². The molecule has 0 spiro atoms. The van der Waals surface area contributed by atoms with Crippen molar-refractivity contribution in [3.8, 4) is 0 Å². The predicted octanol–water partition coefficient (Wildman–Crippen LogP) is 0.133. The van der Waals surface area contributed by atoms with Gasteiger partial charge in [0.1, 0.15) is 6.29 Å². The molecule has 0 aliphatic heterocycles. The minimum absolute atomic E-state index is 0.135. The van der Waals surface area contributed by atoms with E-state index in [-0.39, 0.29) is 12.4 Å². The van der Waals surface area contributed by atoms with Crippen LogP contribution in [0.2, 0.25) is 0 Å². The summed E-state index contributed by atoms with van der Waals surface area (Å²) in [6, 6.07) is 0. The molecule has 1 aromatic heterocycles. The molecule has 5 nitrogen and oxygen atoms in total. The first-order valence-corrected chi connectivity index (χ1v) is 5.00. The number of amides is 1. The van der Waals surface area contributed by atoms with E-state index in [1.54, 1.807) is 6.20 Å². The molecule has 0 atom stereocenters. The molecule has 1 aromatic rings. The number of carbonyl (C=O) groups excluding carboxylic acids is 2. The number of nitrogens with two attached hydrogens (primary N) is 1. The Hall–Kier alpha value is -1.65. The number of aromatic nitrogens is 2. The molecule has 2 rings (SSSR count). The lowest BCUT2D eigenvalue weighted by Gasteiger charge is -1.97. The highest BCUT2D eigenvalue weighted by molar-refractivity contribution is 5.89. The maximum absolute atomic E-state index is 11.0. The molecule has 80 valence electrons. The largest absolute Gasteiger partial charge is 0.363 e. The molecule has 1 fully saturated rings. The molecule has 0 saturated heterocycles. The molecular formula is C10H13N3O2. The Morgan fingerprint density at radius 1 is 1.67 bits per heavy atom. The van der Waals surface area contributed by atoms with E-state index >= 15 is 0 Å². The number of imidazole rings is 1. The van der Waals surface area contributed by atoms with E-state index in [9.17, 15) is 9.59 Å². The van der Waals surface area contributed by atoms with Crippen molar-refractivity contribution in [3.05, 3.63) is 17.7 Å². The van der Waals surface area contributed by atoms with E-state index in [1.165, 1.54) is 17.4 Å². The highest BCUT2D eigenvalue weighted by Crippen LogP contribution is 2.32. The molecular weight excluding hydrogens is 194 g/mol. The van der Waals surface area contributed by atoms with Gasteiger partial charge < -0.3 is 15.1 Å². The Labute approximate surface area is 87.3 Å². The van der Waals surface area contributed by atoms with Gasteiger partial charge in [0, 0.05) is 6.20 Å². The van der Waals surface area contributed by atoms with E-state index in [0.29, 0.717) is 5.92 Å². The number of hydrogen-bond acceptors (Lipinski definition) is 3. The van der Waals surface area contributed by atoms with Crippen molar-refractivity contribution in [2.45, 2.75) is 25.8 Å². The van der Waals surface area contributed by atoms with Crippen molar-refractivity contribution in [2.75, 3.05) is 0 Å². The van der Waals surface area contributed by atoms with Gasteiger partial charge >= 0.3 is 0 Å². The van der Waals surface area contributed by atoms with Crippen LogP contribution in [-0.2, 0) is 17.8 Å². The second-order valence-electron chi connectivity index (χ2n) is 3.89. The molecule has 0 bridgehead atoms. The van der Waals surface area contributed by atoms with Gasteiger partial charge in [-0.05, 0) is 25.2 Å². The summed E-state index contributed by atoms with van der Waals surface area (Å²) in [5.41, 5.74) is 6.02. The maximum Gasteiger partial charge on any atom is 0.284 e. The standard InChI is InChI=1S/C10H13N3O2/c11-9(15)10-12-8(5-7-1-2-7)6-13(10)3-4-14/h4,6-7H,1-3,5H2,(H2,11,15). The van der Waals surface area contributed by atoms with Crippen molar-refractivity contribution in [1.29, 1.82) is 0 Å². The van der Waals surface area contributed by atoms with E-state index < -0.39 is 5.91 Å². The van der Waals surface area contributed by atoms with E-state index in [0.717, 1.165) is 18.4 Å². The first-order chi connectivity index (χ1) is 7.20. The fraction of sp³-hybridized carbons (Fsp3) is 0.500. The van der Waals surface area contributed by atoms with Gasteiger partial charge in [0.05, 0.1) is 12.2 Å². The molecule has 1 aliphatic carbocycles. The molecule has 2 N–H and O–H groups in total. The van der Waals surface area contributed by atoms with E-state index in [1.807, 2.05) is 0 Å². The lowest BCUT2D eigenvalue weighted by atomic mass is 10.2. The van der Waals surface area contributed by atoms with Crippen molar-refractivity contribution in [3.63, 3.8) is 0 Å². The fourth-order valence-corrected chi connectivity index (χ4v) is 1.60. The lowest BCUT2D eigenvalue weighted by molar-refractivity contribution is -0.108. The number of carbonyl (C=O) groups is 2. The summed E-state index contributed by atoms with van der Waals surface area (Å²) in [4.78, 5) is 25.6. The first kappa shape index (κ1) is 9.89. The van der Waals surface area contributed by atoms with Crippen LogP contribution in [0.1, 0.15) is 29.2 Å². The second-order valence-corrected chi connectivity index (χ2v) is 3.89. The second kappa shape index (κ2) is 3.84. The Balaban J connectivity index is 2.21. The van der Waals surface area contributed by atoms with Crippen LogP contribution >= 0.6 is 0 Å². The molecule has 1 saturated carbocycles. The summed E-state index contributed by atoms with van der Waals surface area (Å²) < 4.78 is 1.51. The Kier molecular flexibility index (Phi) is 2.53. The van der Waals surface area contributed by atoms with Crippen LogP contribution in [0.3, 0.4) is 0 Å². The predicted molar refractivity (Wildman–Crippen MR) is 53.2 cm³/mol. The summed E-state index contributed by atoms with van der Waals surface area (Å²) in [5.74, 6) is 0.293. The number of primary amides is 1. The third kappa shape index (κ3) is 2.23. The number of nitrogens with zero attached hydrogens (tertiary/aromatic N) is 2. The third-order valence-corrected chi connectivity index (χ3v) is 2.51. The fourth-order valence-electron chi connectivity index (χ4n) is 1.60. The van der Waals surface area contributed by atoms with Crippen LogP contribution < -0.4 is 5.73 Å². The SMILES string of the molecule is NC(=O)c1nc(CC2CC2)cn1CC=O. The molecule has 0 aromatic carbocycles. The maximum atomic E-state index is 11.0. The van der Waals surface area contributed by atoms with Crippen LogP contribution in [0.5, 0.6) is 0 Å². The van der Waals surface area contributed by atoms with Gasteiger partial charge in [0.25, 0.3) is 5.91 Å². The molecule has 5 heteroatoms. The van der Waals surface area contributed by atoms with Crippen LogP contribution in [-0.4, -0.2) is 21.7 Å². The zero-order valence-electron chi connectivity index (χ0n) is 8.35. The monoisotopic (exact) mass is 207 g/mol. The Bertz CT molecular complexity index is 393. The average Bonchev–Trinajstić information content (AvgIpc) is 2.88. The summed E-state index contributed by atoms with van der Waals surface area (Å²) in [6.45, 7) is 0.135. The smallest absolute Gasteiger partial charge is 0.284 e. The van der Waals surface area contributed by atoms with Crippen molar-refractivity contribution >= 4 is 12.2 Å². The summed E-state index contributed by atoms with van der Waals surface area (Å²) in [7, 11) is 0. The molecule has 0 radical (unpaired) electrons. The van der Waals surface area contributed by atoms with Crippen molar-refractivity contribution in [1.82, 2.24) is 9.55 Å². The highest BCUT2D eigenvalue weighted by Gasteiger charge is 2.23. The van der Waals surface area contributed by atoms with Gasteiger partial charge in [-0.15, -0.1) is 0 Å². The van der Waals surface area contributed by atoms with Gasteiger partial charge in [-0.2, -0.15) is 0 Å². The minimum atomic E-state index is -0.584. The number of hydrogen-bond donors (Lipinski definition) is 1. The molecule has 1 heterocycles. The van der Waals surface area contributed by atoms with Gasteiger partial charge in [0.2, 0.25) is 0 Å². The molecule has 1 amide bonds. The molecule has 0 unspecified atom stereocenters. The topological polar surface area (TPSA) is 78.0 Å². The lowest BCUT2D eigenvalue weighted by Crippen LogP contribution is -2.18. The van der Waals surface area contributed by atoms with Crippen molar-refractivity contribution in [2.24, 2.45) is 11.7 Å².